The Morgan fingerprint density at radius 1 is 1.69 bits per heavy atom. The molecule has 4 heteroatoms. The van der Waals surface area contributed by atoms with Crippen molar-refractivity contribution in [2.45, 2.75) is 31.6 Å². The zero-order chi connectivity index (χ0) is 9.47. The predicted octanol–water partition coefficient (Wildman–Crippen LogP) is 1.22. The van der Waals surface area contributed by atoms with Crippen molar-refractivity contribution in [2.24, 2.45) is 0 Å². The Kier molecular flexibility index (Phi) is 1.65. The van der Waals surface area contributed by atoms with Gasteiger partial charge in [-0.3, -0.25) is 9.89 Å². The van der Waals surface area contributed by atoms with Gasteiger partial charge in [0.25, 0.3) is 0 Å². The molecule has 1 fully saturated rings. The number of aliphatic carboxylic acids is 1. The molecule has 4 nitrogen and oxygen atoms in total. The average Bonchev–Trinajstić information content (AvgIpc) is 2.34. The van der Waals surface area contributed by atoms with Gasteiger partial charge in [0, 0.05) is 0 Å². The van der Waals surface area contributed by atoms with Crippen molar-refractivity contribution in [1.29, 1.82) is 0 Å². The Balaban J connectivity index is 2.43. The SMILES string of the molecule is Cc1cn[nH]c1C1(C(=O)O)CCC1. The number of carboxylic acids is 1. The standard InChI is InChI=1S/C9H12N2O2/c1-6-5-10-11-7(6)9(8(12)13)3-2-4-9/h5H,2-4H2,1H3,(H,10,11)(H,12,13). The van der Waals surface area contributed by atoms with E-state index in [0.717, 1.165) is 30.5 Å². The fourth-order valence-corrected chi connectivity index (χ4v) is 1.93. The van der Waals surface area contributed by atoms with Crippen LogP contribution in [0.3, 0.4) is 0 Å². The first-order chi connectivity index (χ1) is 6.17. The third kappa shape index (κ3) is 0.978. The van der Waals surface area contributed by atoms with E-state index in [2.05, 4.69) is 10.2 Å². The summed E-state index contributed by atoms with van der Waals surface area (Å²) in [6.07, 6.45) is 4.12. The third-order valence-electron chi connectivity index (χ3n) is 2.92. The van der Waals surface area contributed by atoms with Gasteiger partial charge in [0.2, 0.25) is 0 Å². The molecular formula is C9H12N2O2. The summed E-state index contributed by atoms with van der Waals surface area (Å²) in [6.45, 7) is 1.89. The van der Waals surface area contributed by atoms with Gasteiger partial charge in [0.15, 0.2) is 0 Å². The molecule has 70 valence electrons. The number of carbonyl (C=O) groups is 1. The number of nitrogens with zero attached hydrogens (tertiary/aromatic N) is 1. The van der Waals surface area contributed by atoms with Gasteiger partial charge in [-0.2, -0.15) is 5.10 Å². The Hall–Kier alpha value is -1.32. The summed E-state index contributed by atoms with van der Waals surface area (Å²) in [5.74, 6) is -0.730. The zero-order valence-corrected chi connectivity index (χ0v) is 7.50. The summed E-state index contributed by atoms with van der Waals surface area (Å²) in [7, 11) is 0. The van der Waals surface area contributed by atoms with E-state index < -0.39 is 11.4 Å². The molecule has 1 aliphatic rings. The van der Waals surface area contributed by atoms with E-state index in [0.29, 0.717) is 0 Å². The highest BCUT2D eigenvalue weighted by Gasteiger charge is 2.47. The number of aromatic nitrogens is 2. The molecule has 0 bridgehead atoms. The zero-order valence-electron chi connectivity index (χ0n) is 7.50. The van der Waals surface area contributed by atoms with Gasteiger partial charge in [-0.05, 0) is 25.3 Å². The molecule has 13 heavy (non-hydrogen) atoms. The molecule has 0 radical (unpaired) electrons. The molecule has 1 aromatic rings. The van der Waals surface area contributed by atoms with Crippen LogP contribution >= 0.6 is 0 Å². The minimum atomic E-state index is -0.730. The van der Waals surface area contributed by atoms with Crippen molar-refractivity contribution < 1.29 is 9.90 Å². The molecule has 0 aliphatic heterocycles. The maximum Gasteiger partial charge on any atom is 0.315 e. The summed E-state index contributed by atoms with van der Waals surface area (Å²) < 4.78 is 0. The van der Waals surface area contributed by atoms with Gasteiger partial charge in [0.05, 0.1) is 11.9 Å². The topological polar surface area (TPSA) is 66.0 Å². The van der Waals surface area contributed by atoms with E-state index in [1.807, 2.05) is 6.92 Å². The minimum absolute atomic E-state index is 0.666. The van der Waals surface area contributed by atoms with E-state index >= 15 is 0 Å². The molecule has 0 amide bonds. The molecule has 0 atom stereocenters. The number of aryl methyl sites for hydroxylation is 1. The van der Waals surface area contributed by atoms with Crippen molar-refractivity contribution in [3.05, 3.63) is 17.5 Å². The first-order valence-electron chi connectivity index (χ1n) is 4.41. The normalized spacial score (nSPS) is 19.5. The fraction of sp³-hybridized carbons (Fsp3) is 0.556. The molecule has 0 spiro atoms. The molecule has 1 saturated carbocycles. The average molecular weight is 180 g/mol. The van der Waals surface area contributed by atoms with Crippen LogP contribution in [0.15, 0.2) is 6.20 Å². The summed E-state index contributed by atoms with van der Waals surface area (Å²) >= 11 is 0. The Morgan fingerprint density at radius 2 is 2.38 bits per heavy atom. The highest BCUT2D eigenvalue weighted by molar-refractivity contribution is 5.82. The van der Waals surface area contributed by atoms with Crippen LogP contribution in [-0.4, -0.2) is 21.3 Å². The van der Waals surface area contributed by atoms with Crippen molar-refractivity contribution in [3.63, 3.8) is 0 Å². The lowest BCUT2D eigenvalue weighted by Gasteiger charge is -2.37. The van der Waals surface area contributed by atoms with E-state index in [9.17, 15) is 4.79 Å². The second kappa shape index (κ2) is 2.58. The molecule has 1 aromatic heterocycles. The second-order valence-corrected chi connectivity index (χ2v) is 3.67. The summed E-state index contributed by atoms with van der Waals surface area (Å²) in [6, 6.07) is 0. The Labute approximate surface area is 76.0 Å². The lowest BCUT2D eigenvalue weighted by molar-refractivity contribution is -0.147. The van der Waals surface area contributed by atoms with Crippen LogP contribution in [0.1, 0.15) is 30.5 Å². The molecular weight excluding hydrogens is 168 g/mol. The van der Waals surface area contributed by atoms with Crippen LogP contribution in [0.2, 0.25) is 0 Å². The number of rotatable bonds is 2. The summed E-state index contributed by atoms with van der Waals surface area (Å²) in [5, 5.41) is 15.8. The highest BCUT2D eigenvalue weighted by atomic mass is 16.4. The Bertz CT molecular complexity index is 339. The van der Waals surface area contributed by atoms with Crippen molar-refractivity contribution >= 4 is 5.97 Å². The smallest absolute Gasteiger partial charge is 0.315 e. The van der Waals surface area contributed by atoms with Crippen LogP contribution in [0.25, 0.3) is 0 Å². The quantitative estimate of drug-likeness (QED) is 0.719. The lowest BCUT2D eigenvalue weighted by atomic mass is 9.66. The molecule has 0 unspecified atom stereocenters. The largest absolute Gasteiger partial charge is 0.481 e. The van der Waals surface area contributed by atoms with E-state index in [1.165, 1.54) is 0 Å². The number of hydrogen-bond acceptors (Lipinski definition) is 2. The van der Waals surface area contributed by atoms with Crippen LogP contribution < -0.4 is 0 Å². The van der Waals surface area contributed by atoms with Gasteiger partial charge >= 0.3 is 5.97 Å². The molecule has 0 aromatic carbocycles. The Morgan fingerprint density at radius 3 is 2.69 bits per heavy atom. The minimum Gasteiger partial charge on any atom is -0.481 e. The fourth-order valence-electron chi connectivity index (χ4n) is 1.93. The van der Waals surface area contributed by atoms with Crippen LogP contribution in [0.4, 0.5) is 0 Å². The van der Waals surface area contributed by atoms with Gasteiger partial charge in [-0.1, -0.05) is 6.42 Å². The van der Waals surface area contributed by atoms with E-state index in [4.69, 9.17) is 5.11 Å². The highest BCUT2D eigenvalue weighted by Crippen LogP contribution is 2.44. The molecule has 1 aliphatic carbocycles. The monoisotopic (exact) mass is 180 g/mol. The van der Waals surface area contributed by atoms with Gasteiger partial charge in [-0.25, -0.2) is 0 Å². The summed E-state index contributed by atoms with van der Waals surface area (Å²) in [5.41, 5.74) is 1.06. The number of H-pyrrole nitrogens is 1. The van der Waals surface area contributed by atoms with Crippen molar-refractivity contribution in [3.8, 4) is 0 Å². The van der Waals surface area contributed by atoms with Gasteiger partial charge < -0.3 is 5.11 Å². The first-order valence-corrected chi connectivity index (χ1v) is 4.41. The predicted molar refractivity (Wildman–Crippen MR) is 46.5 cm³/mol. The summed E-state index contributed by atoms with van der Waals surface area (Å²) in [4.78, 5) is 11.1. The van der Waals surface area contributed by atoms with E-state index in [1.54, 1.807) is 6.20 Å². The molecule has 1 heterocycles. The second-order valence-electron chi connectivity index (χ2n) is 3.67. The van der Waals surface area contributed by atoms with Crippen molar-refractivity contribution in [2.75, 3.05) is 0 Å². The number of hydrogen-bond donors (Lipinski definition) is 2. The van der Waals surface area contributed by atoms with Crippen LogP contribution in [0, 0.1) is 6.92 Å². The lowest BCUT2D eigenvalue weighted by Crippen LogP contribution is -2.43. The van der Waals surface area contributed by atoms with Crippen molar-refractivity contribution in [1.82, 2.24) is 10.2 Å². The number of aromatic amines is 1. The van der Waals surface area contributed by atoms with Gasteiger partial charge in [0.1, 0.15) is 5.41 Å². The van der Waals surface area contributed by atoms with Crippen LogP contribution in [-0.2, 0) is 10.2 Å². The molecule has 0 saturated heterocycles. The molecule has 2 rings (SSSR count). The van der Waals surface area contributed by atoms with Crippen LogP contribution in [0.5, 0.6) is 0 Å². The van der Waals surface area contributed by atoms with Gasteiger partial charge in [-0.15, -0.1) is 0 Å². The maximum absolute atomic E-state index is 11.1. The number of carboxylic acid groups (broad SMARTS) is 1. The van der Waals surface area contributed by atoms with E-state index in [-0.39, 0.29) is 0 Å². The number of nitrogens with one attached hydrogen (secondary N) is 1. The third-order valence-corrected chi connectivity index (χ3v) is 2.92. The first kappa shape index (κ1) is 8.29. The maximum atomic E-state index is 11.1. The molecule has 2 N–H and O–H groups in total.